The van der Waals surface area contributed by atoms with Crippen molar-refractivity contribution < 1.29 is 0 Å². The zero-order valence-corrected chi connectivity index (χ0v) is 7.29. The Hall–Kier alpha value is -1.11. The third-order valence-electron chi connectivity index (χ3n) is 1.42. The molecule has 64 valence electrons. The molecule has 0 aliphatic rings. The van der Waals surface area contributed by atoms with E-state index in [0.29, 0.717) is 6.42 Å². The Bertz CT molecular complexity index is 255. The molecule has 0 bridgehead atoms. The van der Waals surface area contributed by atoms with E-state index < -0.39 is 0 Å². The number of halogens is 1. The van der Waals surface area contributed by atoms with Crippen LogP contribution in [0.3, 0.4) is 0 Å². The molecule has 1 aromatic rings. The standard InChI is InChI=1S/C8H9N3.ClH/c9-4-3-8(10)7-2-1-5-11-6-7;/h1-2,5-6,8H,3,10H2;1H/t8-;/m1./s1. The zero-order chi connectivity index (χ0) is 8.10. The fourth-order valence-corrected chi connectivity index (χ4v) is 0.812. The van der Waals surface area contributed by atoms with Gasteiger partial charge >= 0.3 is 0 Å². The highest BCUT2D eigenvalue weighted by Crippen LogP contribution is 2.10. The predicted octanol–water partition coefficient (Wildman–Crippen LogP) is 1.42. The number of aromatic nitrogens is 1. The van der Waals surface area contributed by atoms with E-state index in [9.17, 15) is 0 Å². The lowest BCUT2D eigenvalue weighted by Gasteiger charge is -2.04. The van der Waals surface area contributed by atoms with E-state index in [2.05, 4.69) is 4.98 Å². The Morgan fingerprint density at radius 3 is 2.92 bits per heavy atom. The molecule has 0 saturated heterocycles. The molecule has 1 heterocycles. The normalized spacial score (nSPS) is 11.0. The van der Waals surface area contributed by atoms with Crippen LogP contribution in [0.15, 0.2) is 24.5 Å². The number of hydrogen-bond acceptors (Lipinski definition) is 3. The second-order valence-electron chi connectivity index (χ2n) is 2.26. The van der Waals surface area contributed by atoms with Gasteiger partial charge < -0.3 is 5.73 Å². The summed E-state index contributed by atoms with van der Waals surface area (Å²) < 4.78 is 0. The quantitative estimate of drug-likeness (QED) is 0.754. The van der Waals surface area contributed by atoms with E-state index in [1.807, 2.05) is 18.2 Å². The summed E-state index contributed by atoms with van der Waals surface area (Å²) in [7, 11) is 0. The highest BCUT2D eigenvalue weighted by atomic mass is 35.5. The van der Waals surface area contributed by atoms with Crippen LogP contribution in [0.5, 0.6) is 0 Å². The van der Waals surface area contributed by atoms with E-state index in [1.165, 1.54) is 0 Å². The first kappa shape index (κ1) is 10.9. The van der Waals surface area contributed by atoms with Gasteiger partial charge in [-0.15, -0.1) is 12.4 Å². The average Bonchev–Trinajstić information content (AvgIpc) is 2.07. The second-order valence-corrected chi connectivity index (χ2v) is 2.26. The Kier molecular flexibility index (Phi) is 5.02. The van der Waals surface area contributed by atoms with Gasteiger partial charge in [-0.25, -0.2) is 0 Å². The number of pyridine rings is 1. The van der Waals surface area contributed by atoms with Gasteiger partial charge in [-0.05, 0) is 11.6 Å². The molecule has 0 fully saturated rings. The fraction of sp³-hybridized carbons (Fsp3) is 0.250. The molecule has 4 heteroatoms. The molecule has 0 radical (unpaired) electrons. The Morgan fingerprint density at radius 1 is 1.67 bits per heavy atom. The summed E-state index contributed by atoms with van der Waals surface area (Å²) in [5.74, 6) is 0. The molecule has 1 atom stereocenters. The van der Waals surface area contributed by atoms with Gasteiger partial charge in [-0.1, -0.05) is 6.07 Å². The molecular formula is C8H10ClN3. The van der Waals surface area contributed by atoms with Crippen LogP contribution in [0, 0.1) is 11.3 Å². The highest BCUT2D eigenvalue weighted by molar-refractivity contribution is 5.85. The predicted molar refractivity (Wildman–Crippen MR) is 48.6 cm³/mol. The Morgan fingerprint density at radius 2 is 2.42 bits per heavy atom. The van der Waals surface area contributed by atoms with Crippen LogP contribution in [-0.2, 0) is 0 Å². The van der Waals surface area contributed by atoms with Gasteiger partial charge in [0.25, 0.3) is 0 Å². The number of nitrogens with zero attached hydrogens (tertiary/aromatic N) is 2. The molecule has 0 saturated carbocycles. The summed E-state index contributed by atoms with van der Waals surface area (Å²) in [4.78, 5) is 3.90. The van der Waals surface area contributed by atoms with Crippen molar-refractivity contribution in [3.8, 4) is 6.07 Å². The average molecular weight is 184 g/mol. The molecule has 3 nitrogen and oxygen atoms in total. The van der Waals surface area contributed by atoms with Crippen molar-refractivity contribution in [2.24, 2.45) is 5.73 Å². The van der Waals surface area contributed by atoms with E-state index in [4.69, 9.17) is 11.0 Å². The second kappa shape index (κ2) is 5.53. The van der Waals surface area contributed by atoms with Crippen molar-refractivity contribution in [3.63, 3.8) is 0 Å². The van der Waals surface area contributed by atoms with Crippen LogP contribution in [0.4, 0.5) is 0 Å². The summed E-state index contributed by atoms with van der Waals surface area (Å²) in [6.07, 6.45) is 3.70. The molecule has 0 aromatic carbocycles. The molecule has 12 heavy (non-hydrogen) atoms. The van der Waals surface area contributed by atoms with Crippen LogP contribution in [0.1, 0.15) is 18.0 Å². The molecule has 1 rings (SSSR count). The summed E-state index contributed by atoms with van der Waals surface area (Å²) in [5, 5.41) is 8.35. The largest absolute Gasteiger partial charge is 0.323 e. The highest BCUT2D eigenvalue weighted by Gasteiger charge is 2.02. The van der Waals surface area contributed by atoms with Gasteiger partial charge in [0.05, 0.1) is 12.5 Å². The minimum absolute atomic E-state index is 0. The molecule has 2 N–H and O–H groups in total. The molecular weight excluding hydrogens is 174 g/mol. The van der Waals surface area contributed by atoms with Gasteiger partial charge in [-0.3, -0.25) is 4.98 Å². The Balaban J connectivity index is 0.00000121. The van der Waals surface area contributed by atoms with Crippen LogP contribution >= 0.6 is 12.4 Å². The van der Waals surface area contributed by atoms with Crippen LogP contribution in [-0.4, -0.2) is 4.98 Å². The minimum atomic E-state index is -0.200. The SMILES string of the molecule is Cl.N#CC[C@@H](N)c1cccnc1. The number of hydrogen-bond donors (Lipinski definition) is 1. The Labute approximate surface area is 77.6 Å². The fourth-order valence-electron chi connectivity index (χ4n) is 0.812. The summed E-state index contributed by atoms with van der Waals surface area (Å²) >= 11 is 0. The molecule has 0 aliphatic heterocycles. The van der Waals surface area contributed by atoms with E-state index >= 15 is 0 Å². The number of nitriles is 1. The first-order valence-corrected chi connectivity index (χ1v) is 3.37. The summed E-state index contributed by atoms with van der Waals surface area (Å²) in [5.41, 5.74) is 6.55. The van der Waals surface area contributed by atoms with Crippen molar-refractivity contribution in [3.05, 3.63) is 30.1 Å². The third kappa shape index (κ3) is 2.87. The first-order valence-electron chi connectivity index (χ1n) is 3.37. The summed E-state index contributed by atoms with van der Waals surface area (Å²) in [6, 6.07) is 5.50. The smallest absolute Gasteiger partial charge is 0.0641 e. The number of rotatable bonds is 2. The van der Waals surface area contributed by atoms with Crippen molar-refractivity contribution in [1.29, 1.82) is 5.26 Å². The topological polar surface area (TPSA) is 62.7 Å². The maximum atomic E-state index is 8.35. The van der Waals surface area contributed by atoms with Crippen molar-refractivity contribution in [2.75, 3.05) is 0 Å². The van der Waals surface area contributed by atoms with E-state index in [1.54, 1.807) is 12.4 Å². The monoisotopic (exact) mass is 183 g/mol. The van der Waals surface area contributed by atoms with Crippen LogP contribution in [0.25, 0.3) is 0 Å². The first-order chi connectivity index (χ1) is 5.34. The lowest BCUT2D eigenvalue weighted by molar-refractivity contribution is 0.744. The third-order valence-corrected chi connectivity index (χ3v) is 1.42. The molecule has 0 unspecified atom stereocenters. The molecule has 0 spiro atoms. The maximum absolute atomic E-state index is 8.35. The van der Waals surface area contributed by atoms with E-state index in [0.717, 1.165) is 5.56 Å². The van der Waals surface area contributed by atoms with Gasteiger partial charge in [0, 0.05) is 18.4 Å². The summed E-state index contributed by atoms with van der Waals surface area (Å²) in [6.45, 7) is 0. The van der Waals surface area contributed by atoms with Crippen LogP contribution < -0.4 is 5.73 Å². The number of nitrogens with two attached hydrogens (primary N) is 1. The van der Waals surface area contributed by atoms with Gasteiger partial charge in [-0.2, -0.15) is 5.26 Å². The lowest BCUT2D eigenvalue weighted by Crippen LogP contribution is -2.08. The maximum Gasteiger partial charge on any atom is 0.0641 e. The van der Waals surface area contributed by atoms with Gasteiger partial charge in [0.15, 0.2) is 0 Å². The molecule has 0 amide bonds. The van der Waals surface area contributed by atoms with Gasteiger partial charge in [0.1, 0.15) is 0 Å². The van der Waals surface area contributed by atoms with Gasteiger partial charge in [0.2, 0.25) is 0 Å². The minimum Gasteiger partial charge on any atom is -0.323 e. The van der Waals surface area contributed by atoms with Crippen LogP contribution in [0.2, 0.25) is 0 Å². The zero-order valence-electron chi connectivity index (χ0n) is 6.47. The van der Waals surface area contributed by atoms with E-state index in [-0.39, 0.29) is 18.4 Å². The molecule has 0 aliphatic carbocycles. The van der Waals surface area contributed by atoms with Crippen molar-refractivity contribution in [2.45, 2.75) is 12.5 Å². The lowest BCUT2D eigenvalue weighted by atomic mass is 10.1. The van der Waals surface area contributed by atoms with Crippen molar-refractivity contribution in [1.82, 2.24) is 4.98 Å². The van der Waals surface area contributed by atoms with Crippen molar-refractivity contribution >= 4 is 12.4 Å². The molecule has 1 aromatic heterocycles.